The Hall–Kier alpha value is -2.71. The van der Waals surface area contributed by atoms with E-state index in [1.807, 2.05) is 63.6 Å². The van der Waals surface area contributed by atoms with E-state index in [9.17, 15) is 4.79 Å². The van der Waals surface area contributed by atoms with Gasteiger partial charge >= 0.3 is 0 Å². The molecule has 0 saturated heterocycles. The summed E-state index contributed by atoms with van der Waals surface area (Å²) in [6.07, 6.45) is 0. The second-order valence-corrected chi connectivity index (χ2v) is 9.03. The van der Waals surface area contributed by atoms with Gasteiger partial charge in [0, 0.05) is 23.8 Å². The quantitative estimate of drug-likeness (QED) is 0.412. The van der Waals surface area contributed by atoms with E-state index >= 15 is 0 Å². The zero-order valence-corrected chi connectivity index (χ0v) is 19.9. The van der Waals surface area contributed by atoms with Crippen LogP contribution in [0.1, 0.15) is 40.1 Å². The van der Waals surface area contributed by atoms with E-state index in [1.54, 1.807) is 9.58 Å². The van der Waals surface area contributed by atoms with Gasteiger partial charge in [-0.3, -0.25) is 19.1 Å². The number of thiazole rings is 1. The van der Waals surface area contributed by atoms with Crippen LogP contribution in [0.3, 0.4) is 0 Å². The third-order valence-electron chi connectivity index (χ3n) is 5.27. The molecule has 1 aromatic carbocycles. The number of carbonyl (C=O) groups is 1. The van der Waals surface area contributed by atoms with Crippen LogP contribution in [0.25, 0.3) is 10.2 Å². The van der Waals surface area contributed by atoms with Crippen molar-refractivity contribution < 1.29 is 4.79 Å². The molecule has 0 radical (unpaired) electrons. The summed E-state index contributed by atoms with van der Waals surface area (Å²) in [5, 5.41) is 10.3. The smallest absolute Gasteiger partial charge is 0.278 e. The summed E-state index contributed by atoms with van der Waals surface area (Å²) >= 11 is 7.79. The molecule has 4 aromatic rings. The Morgan fingerprint density at radius 3 is 2.48 bits per heavy atom. The number of fused-ring (bicyclic) bond motifs is 1. The minimum absolute atomic E-state index is 0.119. The van der Waals surface area contributed by atoms with Gasteiger partial charge in [-0.15, -0.1) is 0 Å². The fourth-order valence-corrected chi connectivity index (χ4v) is 4.88. The number of anilines is 1. The topological polar surface area (TPSA) is 68.8 Å². The van der Waals surface area contributed by atoms with Crippen molar-refractivity contribution in [1.82, 2.24) is 24.5 Å². The highest BCUT2D eigenvalue weighted by Crippen LogP contribution is 2.34. The number of aryl methyl sites for hydroxylation is 5. The molecule has 31 heavy (non-hydrogen) atoms. The summed E-state index contributed by atoms with van der Waals surface area (Å²) in [7, 11) is 0. The number of halogens is 1. The molecular formula is C22H25ClN6OS. The first-order valence-electron chi connectivity index (χ1n) is 10.2. The highest BCUT2D eigenvalue weighted by Gasteiger charge is 2.25. The Labute approximate surface area is 190 Å². The zero-order chi connectivity index (χ0) is 22.3. The molecule has 4 rings (SSSR count). The van der Waals surface area contributed by atoms with Crippen molar-refractivity contribution in [2.45, 2.75) is 47.7 Å². The van der Waals surface area contributed by atoms with Crippen LogP contribution in [-0.4, -0.2) is 37.0 Å². The van der Waals surface area contributed by atoms with Gasteiger partial charge in [-0.05, 0) is 64.4 Å². The number of benzene rings is 1. The highest BCUT2D eigenvalue weighted by molar-refractivity contribution is 7.22. The molecule has 0 aliphatic carbocycles. The van der Waals surface area contributed by atoms with Crippen molar-refractivity contribution in [1.29, 1.82) is 0 Å². The monoisotopic (exact) mass is 456 g/mol. The fraction of sp³-hybridized carbons (Fsp3) is 0.364. The largest absolute Gasteiger partial charge is 0.281 e. The number of hydrogen-bond donors (Lipinski definition) is 0. The van der Waals surface area contributed by atoms with E-state index in [2.05, 4.69) is 10.2 Å². The summed E-state index contributed by atoms with van der Waals surface area (Å²) in [4.78, 5) is 20.2. The van der Waals surface area contributed by atoms with E-state index in [1.165, 1.54) is 11.3 Å². The van der Waals surface area contributed by atoms with Gasteiger partial charge in [0.05, 0.1) is 28.1 Å². The van der Waals surface area contributed by atoms with Gasteiger partial charge in [0.2, 0.25) is 0 Å². The fourth-order valence-electron chi connectivity index (χ4n) is 3.68. The van der Waals surface area contributed by atoms with Gasteiger partial charge in [-0.2, -0.15) is 10.2 Å². The number of carbonyl (C=O) groups excluding carboxylic acids is 1. The Morgan fingerprint density at radius 1 is 1.10 bits per heavy atom. The minimum Gasteiger partial charge on any atom is -0.281 e. The van der Waals surface area contributed by atoms with Gasteiger partial charge in [-0.25, -0.2) is 4.98 Å². The van der Waals surface area contributed by atoms with Crippen LogP contribution in [0.15, 0.2) is 24.3 Å². The number of amides is 1. The molecule has 0 bridgehead atoms. The SMILES string of the molecule is CCn1nc(C)cc1C(=O)N(CCn1nc(C)cc1C)c1nc2c(C)c(Cl)ccc2s1. The Kier molecular flexibility index (Phi) is 5.85. The number of hydrogen-bond acceptors (Lipinski definition) is 5. The molecule has 7 nitrogen and oxygen atoms in total. The Bertz CT molecular complexity index is 1270. The molecule has 1 amide bonds. The van der Waals surface area contributed by atoms with Gasteiger partial charge in [0.15, 0.2) is 5.13 Å². The van der Waals surface area contributed by atoms with Crippen LogP contribution in [-0.2, 0) is 13.1 Å². The number of rotatable bonds is 6. The van der Waals surface area contributed by atoms with Gasteiger partial charge < -0.3 is 0 Å². The van der Waals surface area contributed by atoms with Crippen molar-refractivity contribution in [2.24, 2.45) is 0 Å². The summed E-state index contributed by atoms with van der Waals surface area (Å²) in [5.41, 5.74) is 5.14. The first-order chi connectivity index (χ1) is 14.8. The van der Waals surface area contributed by atoms with E-state index in [4.69, 9.17) is 16.6 Å². The highest BCUT2D eigenvalue weighted by atomic mass is 35.5. The molecule has 0 N–H and O–H groups in total. The van der Waals surface area contributed by atoms with Crippen LogP contribution in [0.4, 0.5) is 5.13 Å². The van der Waals surface area contributed by atoms with Crippen LogP contribution < -0.4 is 4.90 Å². The molecule has 3 heterocycles. The van der Waals surface area contributed by atoms with Gasteiger partial charge in [0.1, 0.15) is 5.69 Å². The lowest BCUT2D eigenvalue weighted by atomic mass is 10.2. The van der Waals surface area contributed by atoms with Crippen molar-refractivity contribution in [3.63, 3.8) is 0 Å². The predicted molar refractivity (Wildman–Crippen MR) is 125 cm³/mol. The second-order valence-electron chi connectivity index (χ2n) is 7.61. The van der Waals surface area contributed by atoms with Crippen molar-refractivity contribution in [3.05, 3.63) is 57.6 Å². The molecule has 3 aromatic heterocycles. The van der Waals surface area contributed by atoms with Crippen molar-refractivity contribution >= 4 is 44.2 Å². The normalized spacial score (nSPS) is 11.4. The molecule has 162 valence electrons. The molecule has 0 fully saturated rings. The zero-order valence-electron chi connectivity index (χ0n) is 18.3. The van der Waals surface area contributed by atoms with Crippen LogP contribution >= 0.6 is 22.9 Å². The summed E-state index contributed by atoms with van der Waals surface area (Å²) in [6, 6.07) is 7.69. The third kappa shape index (κ3) is 4.09. The van der Waals surface area contributed by atoms with E-state index in [-0.39, 0.29) is 5.91 Å². The standard InChI is InChI=1S/C22H25ClN6OS/c1-6-28-18(12-14(3)25-28)21(30)27(9-10-29-15(4)11-13(2)26-29)22-24-20-16(5)17(23)7-8-19(20)31-22/h7-8,11-12H,6,9-10H2,1-5H3. The van der Waals surface area contributed by atoms with Crippen LogP contribution in [0.5, 0.6) is 0 Å². The molecule has 0 saturated carbocycles. The third-order valence-corrected chi connectivity index (χ3v) is 6.73. The summed E-state index contributed by atoms with van der Waals surface area (Å²) < 4.78 is 4.66. The summed E-state index contributed by atoms with van der Waals surface area (Å²) in [6.45, 7) is 11.4. The van der Waals surface area contributed by atoms with Crippen molar-refractivity contribution in [2.75, 3.05) is 11.4 Å². The second kappa shape index (κ2) is 8.43. The van der Waals surface area contributed by atoms with E-state index in [0.717, 1.165) is 32.9 Å². The molecular weight excluding hydrogens is 432 g/mol. The lowest BCUT2D eigenvalue weighted by Gasteiger charge is -2.20. The molecule has 0 aliphatic rings. The molecule has 0 aliphatic heterocycles. The molecule has 0 spiro atoms. The molecule has 0 unspecified atom stereocenters. The van der Waals surface area contributed by atoms with Crippen LogP contribution in [0.2, 0.25) is 5.02 Å². The Morgan fingerprint density at radius 2 is 1.81 bits per heavy atom. The average molecular weight is 457 g/mol. The molecule has 9 heteroatoms. The van der Waals surface area contributed by atoms with E-state index < -0.39 is 0 Å². The lowest BCUT2D eigenvalue weighted by molar-refractivity contribution is 0.0975. The Balaban J connectivity index is 1.75. The maximum absolute atomic E-state index is 13.7. The van der Waals surface area contributed by atoms with E-state index in [0.29, 0.717) is 35.5 Å². The van der Waals surface area contributed by atoms with Gasteiger partial charge in [0.25, 0.3) is 5.91 Å². The first kappa shape index (κ1) is 21.5. The number of nitrogens with zero attached hydrogens (tertiary/aromatic N) is 6. The minimum atomic E-state index is -0.119. The molecule has 0 atom stereocenters. The number of aromatic nitrogens is 5. The maximum atomic E-state index is 13.7. The lowest BCUT2D eigenvalue weighted by Crippen LogP contribution is -2.35. The van der Waals surface area contributed by atoms with Gasteiger partial charge in [-0.1, -0.05) is 22.9 Å². The van der Waals surface area contributed by atoms with Crippen molar-refractivity contribution in [3.8, 4) is 0 Å². The summed E-state index contributed by atoms with van der Waals surface area (Å²) in [5.74, 6) is -0.119. The maximum Gasteiger partial charge on any atom is 0.278 e. The van der Waals surface area contributed by atoms with Crippen LogP contribution in [0, 0.1) is 27.7 Å². The first-order valence-corrected chi connectivity index (χ1v) is 11.4. The average Bonchev–Trinajstić information content (AvgIpc) is 3.41. The predicted octanol–water partition coefficient (Wildman–Crippen LogP) is 4.94.